The average Bonchev–Trinajstić information content (AvgIpc) is 2.61. The number of imide groups is 1. The molecule has 0 spiro atoms. The van der Waals surface area contributed by atoms with Crippen LogP contribution >= 0.6 is 12.2 Å². The van der Waals surface area contributed by atoms with E-state index in [0.29, 0.717) is 0 Å². The van der Waals surface area contributed by atoms with Crippen LogP contribution in [-0.2, 0) is 9.59 Å². The molecule has 1 aliphatic heterocycles. The van der Waals surface area contributed by atoms with Gasteiger partial charge in [0.1, 0.15) is 0 Å². The van der Waals surface area contributed by atoms with Gasteiger partial charge in [0.05, 0.1) is 11.0 Å². The molecule has 1 saturated carbocycles. The summed E-state index contributed by atoms with van der Waals surface area (Å²) in [4.78, 5) is 25.3. The van der Waals surface area contributed by atoms with Gasteiger partial charge in [-0.1, -0.05) is 12.2 Å². The van der Waals surface area contributed by atoms with Crippen LogP contribution in [0.4, 0.5) is 0 Å². The third kappa shape index (κ3) is 1.55. The summed E-state index contributed by atoms with van der Waals surface area (Å²) in [6.07, 6.45) is 2.38. The van der Waals surface area contributed by atoms with Crippen molar-refractivity contribution in [2.75, 3.05) is 0 Å². The Hall–Kier alpha value is -0.970. The summed E-state index contributed by atoms with van der Waals surface area (Å²) in [5.41, 5.74) is 5.49. The van der Waals surface area contributed by atoms with E-state index < -0.39 is 6.04 Å². The number of likely N-dealkylation sites (tertiary alicyclic amines) is 1. The zero-order chi connectivity index (χ0) is 11.2. The zero-order valence-corrected chi connectivity index (χ0v) is 9.42. The fourth-order valence-corrected chi connectivity index (χ4v) is 2.55. The minimum Gasteiger partial charge on any atom is -0.392 e. The van der Waals surface area contributed by atoms with Gasteiger partial charge in [0.25, 0.3) is 0 Å². The number of rotatable bonds is 2. The largest absolute Gasteiger partial charge is 0.392 e. The molecule has 2 N–H and O–H groups in total. The lowest BCUT2D eigenvalue weighted by Gasteiger charge is -2.33. The average molecular weight is 226 g/mol. The van der Waals surface area contributed by atoms with Crippen molar-refractivity contribution in [2.45, 2.75) is 32.2 Å². The van der Waals surface area contributed by atoms with E-state index >= 15 is 0 Å². The fourth-order valence-electron chi connectivity index (χ4n) is 2.44. The highest BCUT2D eigenvalue weighted by Crippen LogP contribution is 2.38. The molecule has 1 saturated heterocycles. The highest BCUT2D eigenvalue weighted by Gasteiger charge is 2.47. The zero-order valence-electron chi connectivity index (χ0n) is 8.60. The molecule has 2 bridgehead atoms. The highest BCUT2D eigenvalue weighted by atomic mass is 32.1. The third-order valence-corrected chi connectivity index (χ3v) is 3.75. The normalized spacial score (nSPS) is 31.9. The van der Waals surface area contributed by atoms with Crippen LogP contribution in [0.3, 0.4) is 0 Å². The predicted octanol–water partition coefficient (Wildman–Crippen LogP) is 0.446. The molecule has 4 nitrogen and oxygen atoms in total. The van der Waals surface area contributed by atoms with Gasteiger partial charge in [-0.2, -0.15) is 0 Å². The van der Waals surface area contributed by atoms with E-state index in [1.54, 1.807) is 6.92 Å². The van der Waals surface area contributed by atoms with Crippen LogP contribution in [0, 0.1) is 11.8 Å². The summed E-state index contributed by atoms with van der Waals surface area (Å²) in [5, 5.41) is 0. The molecule has 2 rings (SSSR count). The summed E-state index contributed by atoms with van der Waals surface area (Å²) in [6.45, 7) is 1.71. The smallest absolute Gasteiger partial charge is 0.232 e. The number of fused-ring (bicyclic) bond motifs is 2. The molecule has 0 aromatic carbocycles. The number of nitrogens with zero attached hydrogens (tertiary/aromatic N) is 1. The first kappa shape index (κ1) is 10.5. The maximum Gasteiger partial charge on any atom is 0.232 e. The predicted molar refractivity (Wildman–Crippen MR) is 58.9 cm³/mol. The van der Waals surface area contributed by atoms with Gasteiger partial charge >= 0.3 is 0 Å². The Balaban J connectivity index is 2.27. The molecular weight excluding hydrogens is 212 g/mol. The number of amides is 2. The van der Waals surface area contributed by atoms with Crippen molar-refractivity contribution in [1.29, 1.82) is 0 Å². The van der Waals surface area contributed by atoms with Crippen molar-refractivity contribution in [1.82, 2.24) is 4.90 Å². The van der Waals surface area contributed by atoms with Crippen LogP contribution < -0.4 is 5.73 Å². The maximum absolute atomic E-state index is 11.9. The topological polar surface area (TPSA) is 63.4 Å². The van der Waals surface area contributed by atoms with Crippen LogP contribution in [0.2, 0.25) is 0 Å². The van der Waals surface area contributed by atoms with E-state index in [0.717, 1.165) is 19.3 Å². The second-order valence-electron chi connectivity index (χ2n) is 4.33. The minimum absolute atomic E-state index is 0.0181. The first-order valence-electron chi connectivity index (χ1n) is 5.18. The third-order valence-electron chi connectivity index (χ3n) is 3.41. The summed E-state index contributed by atoms with van der Waals surface area (Å²) in [5.74, 6) is -0.142. The monoisotopic (exact) mass is 226 g/mol. The number of carbonyl (C=O) groups is 2. The van der Waals surface area contributed by atoms with Crippen molar-refractivity contribution in [3.8, 4) is 0 Å². The molecule has 1 heterocycles. The summed E-state index contributed by atoms with van der Waals surface area (Å²) in [6, 6.07) is -0.441. The van der Waals surface area contributed by atoms with Gasteiger partial charge < -0.3 is 5.73 Å². The molecule has 3 unspecified atom stereocenters. The SMILES string of the molecule is CC(C(N)=S)N1C(=O)C2CCC(C2)C1=O. The lowest BCUT2D eigenvalue weighted by Crippen LogP contribution is -2.54. The Kier molecular flexibility index (Phi) is 2.50. The van der Waals surface area contributed by atoms with Crippen LogP contribution in [0.1, 0.15) is 26.2 Å². The molecule has 0 radical (unpaired) electrons. The summed E-state index contributed by atoms with van der Waals surface area (Å²) in [7, 11) is 0. The second-order valence-corrected chi connectivity index (χ2v) is 4.80. The van der Waals surface area contributed by atoms with E-state index in [-0.39, 0.29) is 28.6 Å². The first-order chi connectivity index (χ1) is 7.02. The van der Waals surface area contributed by atoms with E-state index in [1.807, 2.05) is 0 Å². The van der Waals surface area contributed by atoms with Crippen molar-refractivity contribution >= 4 is 29.0 Å². The molecule has 2 fully saturated rings. The van der Waals surface area contributed by atoms with E-state index in [4.69, 9.17) is 18.0 Å². The second kappa shape index (κ2) is 3.56. The molecule has 0 aromatic heterocycles. The molecule has 5 heteroatoms. The van der Waals surface area contributed by atoms with Crippen LogP contribution in [-0.4, -0.2) is 27.7 Å². The Morgan fingerprint density at radius 2 is 1.87 bits per heavy atom. The standard InChI is InChI=1S/C10H14N2O2S/c1-5(8(11)15)12-9(13)6-2-3-7(4-6)10(12)14/h5-7H,2-4H2,1H3,(H2,11,15). The van der Waals surface area contributed by atoms with Gasteiger partial charge in [-0.15, -0.1) is 0 Å². The molecule has 0 aromatic rings. The minimum atomic E-state index is -0.441. The highest BCUT2D eigenvalue weighted by molar-refractivity contribution is 7.80. The lowest BCUT2D eigenvalue weighted by molar-refractivity contribution is -0.153. The molecule has 2 amide bonds. The Morgan fingerprint density at radius 1 is 1.40 bits per heavy atom. The summed E-state index contributed by atoms with van der Waals surface area (Å²) < 4.78 is 0. The molecule has 15 heavy (non-hydrogen) atoms. The van der Waals surface area contributed by atoms with Crippen molar-refractivity contribution in [3.05, 3.63) is 0 Å². The van der Waals surface area contributed by atoms with Gasteiger partial charge in [0, 0.05) is 11.8 Å². The number of hydrogen-bond acceptors (Lipinski definition) is 3. The number of carbonyl (C=O) groups excluding carboxylic acids is 2. The van der Waals surface area contributed by atoms with Crippen LogP contribution in [0.5, 0.6) is 0 Å². The molecule has 2 aliphatic rings. The molecule has 82 valence electrons. The molecular formula is C10H14N2O2S. The Labute approximate surface area is 93.8 Å². The fraction of sp³-hybridized carbons (Fsp3) is 0.700. The molecule has 1 aliphatic carbocycles. The van der Waals surface area contributed by atoms with E-state index in [2.05, 4.69) is 0 Å². The Bertz CT molecular complexity index is 320. The van der Waals surface area contributed by atoms with E-state index in [9.17, 15) is 9.59 Å². The van der Waals surface area contributed by atoms with Crippen LogP contribution in [0.15, 0.2) is 0 Å². The summed E-state index contributed by atoms with van der Waals surface area (Å²) >= 11 is 4.83. The van der Waals surface area contributed by atoms with E-state index in [1.165, 1.54) is 4.90 Å². The van der Waals surface area contributed by atoms with Gasteiger partial charge in [-0.25, -0.2) is 0 Å². The van der Waals surface area contributed by atoms with Gasteiger partial charge in [0.2, 0.25) is 11.8 Å². The van der Waals surface area contributed by atoms with Gasteiger partial charge in [0.15, 0.2) is 0 Å². The van der Waals surface area contributed by atoms with Gasteiger partial charge in [-0.3, -0.25) is 14.5 Å². The number of hydrogen-bond donors (Lipinski definition) is 1. The first-order valence-corrected chi connectivity index (χ1v) is 5.59. The van der Waals surface area contributed by atoms with Crippen molar-refractivity contribution in [2.24, 2.45) is 17.6 Å². The van der Waals surface area contributed by atoms with Crippen LogP contribution in [0.25, 0.3) is 0 Å². The van der Waals surface area contributed by atoms with Gasteiger partial charge in [-0.05, 0) is 26.2 Å². The number of nitrogens with two attached hydrogens (primary N) is 1. The maximum atomic E-state index is 11.9. The number of thiocarbonyl (C=S) groups is 1. The molecule has 3 atom stereocenters. The van der Waals surface area contributed by atoms with Crippen molar-refractivity contribution < 1.29 is 9.59 Å². The Morgan fingerprint density at radius 3 is 2.27 bits per heavy atom. The lowest BCUT2D eigenvalue weighted by atomic mass is 9.96. The quantitative estimate of drug-likeness (QED) is 0.548. The number of piperidine rings is 1. The van der Waals surface area contributed by atoms with Crippen molar-refractivity contribution in [3.63, 3.8) is 0 Å².